The molecule has 0 bridgehead atoms. The van der Waals surface area contributed by atoms with Crippen LogP contribution in [0.4, 0.5) is 0 Å². The molecule has 1 aromatic heterocycles. The summed E-state index contributed by atoms with van der Waals surface area (Å²) in [5.41, 5.74) is 1.45. The second-order valence-electron chi connectivity index (χ2n) is 3.16. The van der Waals surface area contributed by atoms with Crippen LogP contribution < -0.4 is 0 Å². The molecular weight excluding hydrogens is 312 g/mol. The highest BCUT2D eigenvalue weighted by Gasteiger charge is 2.05. The first-order chi connectivity index (χ1) is 6.25. The molecule has 0 spiro atoms. The fraction of sp³-hybridized carbons (Fsp3) is 0.600. The van der Waals surface area contributed by atoms with E-state index in [0.29, 0.717) is 0 Å². The van der Waals surface area contributed by atoms with Gasteiger partial charge in [-0.05, 0) is 55.6 Å². The topological polar surface area (TPSA) is 0 Å². The summed E-state index contributed by atoms with van der Waals surface area (Å²) in [7, 11) is 0. The molecule has 0 N–H and O–H groups in total. The van der Waals surface area contributed by atoms with Crippen LogP contribution in [0.3, 0.4) is 0 Å². The summed E-state index contributed by atoms with van der Waals surface area (Å²) in [4.78, 5) is 0. The van der Waals surface area contributed by atoms with E-state index in [1.54, 1.807) is 11.3 Å². The third-order valence-electron chi connectivity index (χ3n) is 2.06. The first-order valence-corrected chi connectivity index (χ1v) is 7.13. The summed E-state index contributed by atoms with van der Waals surface area (Å²) >= 11 is 8.86. The highest BCUT2D eigenvalue weighted by atomic mass is 79.9. The fourth-order valence-corrected chi connectivity index (χ4v) is 3.26. The number of halogens is 2. The zero-order valence-corrected chi connectivity index (χ0v) is 11.8. The Morgan fingerprint density at radius 2 is 2.00 bits per heavy atom. The molecule has 1 heterocycles. The summed E-state index contributed by atoms with van der Waals surface area (Å²) in [5.74, 6) is 0. The quantitative estimate of drug-likeness (QED) is 0.636. The predicted octanol–water partition coefficient (Wildman–Crippen LogP) is 5.40. The van der Waals surface area contributed by atoms with Gasteiger partial charge in [0.25, 0.3) is 0 Å². The molecule has 74 valence electrons. The smallest absolute Gasteiger partial charge is 0.0843 e. The van der Waals surface area contributed by atoms with Crippen molar-refractivity contribution in [1.29, 1.82) is 0 Å². The Balaban J connectivity index is 2.32. The average molecular weight is 326 g/mol. The van der Waals surface area contributed by atoms with Gasteiger partial charge in [0.15, 0.2) is 0 Å². The lowest BCUT2D eigenvalue weighted by Crippen LogP contribution is -1.83. The fourth-order valence-electron chi connectivity index (χ4n) is 1.26. The van der Waals surface area contributed by atoms with Crippen LogP contribution in [0.2, 0.25) is 0 Å². The van der Waals surface area contributed by atoms with Gasteiger partial charge in [-0.2, -0.15) is 0 Å². The van der Waals surface area contributed by atoms with Gasteiger partial charge in [-0.25, -0.2) is 0 Å². The minimum absolute atomic E-state index is 1.21. The molecule has 0 saturated carbocycles. The van der Waals surface area contributed by atoms with Gasteiger partial charge in [-0.1, -0.05) is 26.2 Å². The number of unbranched alkanes of at least 4 members (excludes halogenated alkanes) is 3. The molecule has 13 heavy (non-hydrogen) atoms. The first-order valence-electron chi connectivity index (χ1n) is 4.67. The molecule has 0 atom stereocenters. The SMILES string of the molecule is CCCCCCc1csc(Br)c1Br. The Morgan fingerprint density at radius 3 is 2.54 bits per heavy atom. The average Bonchev–Trinajstić information content (AvgIpc) is 2.43. The molecule has 0 saturated heterocycles. The third kappa shape index (κ3) is 3.72. The summed E-state index contributed by atoms with van der Waals surface area (Å²) < 4.78 is 2.48. The molecule has 0 aliphatic heterocycles. The number of aryl methyl sites for hydroxylation is 1. The summed E-state index contributed by atoms with van der Waals surface area (Å²) in [6.07, 6.45) is 6.56. The molecule has 0 radical (unpaired) electrons. The molecule has 0 aromatic carbocycles. The molecule has 1 aromatic rings. The van der Waals surface area contributed by atoms with Crippen LogP contribution in [-0.4, -0.2) is 0 Å². The van der Waals surface area contributed by atoms with Gasteiger partial charge in [0.05, 0.1) is 3.79 Å². The minimum atomic E-state index is 1.21. The molecule has 0 fully saturated rings. The second kappa shape index (κ2) is 6.20. The van der Waals surface area contributed by atoms with Gasteiger partial charge in [0.1, 0.15) is 0 Å². The first kappa shape index (κ1) is 11.7. The molecule has 0 amide bonds. The Bertz CT molecular complexity index is 255. The van der Waals surface area contributed by atoms with Gasteiger partial charge in [-0.3, -0.25) is 0 Å². The van der Waals surface area contributed by atoms with Crippen molar-refractivity contribution in [3.63, 3.8) is 0 Å². The van der Waals surface area contributed by atoms with Crippen molar-refractivity contribution in [1.82, 2.24) is 0 Å². The van der Waals surface area contributed by atoms with Gasteiger partial charge >= 0.3 is 0 Å². The molecule has 3 heteroatoms. The van der Waals surface area contributed by atoms with Crippen LogP contribution in [0.5, 0.6) is 0 Å². The number of rotatable bonds is 5. The van der Waals surface area contributed by atoms with Crippen molar-refractivity contribution in [3.8, 4) is 0 Å². The minimum Gasteiger partial charge on any atom is -0.135 e. The highest BCUT2D eigenvalue weighted by molar-refractivity contribution is 9.13. The standard InChI is InChI=1S/C10H14Br2S/c1-2-3-4-5-6-8-7-13-10(12)9(8)11/h7H,2-6H2,1H3. The van der Waals surface area contributed by atoms with E-state index >= 15 is 0 Å². The van der Waals surface area contributed by atoms with E-state index in [-0.39, 0.29) is 0 Å². The molecule has 0 aliphatic carbocycles. The Kier molecular flexibility index (Phi) is 5.60. The maximum absolute atomic E-state index is 3.58. The van der Waals surface area contributed by atoms with E-state index in [9.17, 15) is 0 Å². The van der Waals surface area contributed by atoms with Crippen LogP contribution in [-0.2, 0) is 6.42 Å². The Hall–Kier alpha value is 0.660. The van der Waals surface area contributed by atoms with Crippen molar-refractivity contribution < 1.29 is 0 Å². The molecular formula is C10H14Br2S. The second-order valence-corrected chi connectivity index (χ2v) is 6.15. The van der Waals surface area contributed by atoms with Crippen molar-refractivity contribution in [2.24, 2.45) is 0 Å². The summed E-state index contributed by atoms with van der Waals surface area (Å²) in [6.45, 7) is 2.25. The van der Waals surface area contributed by atoms with Gasteiger partial charge in [-0.15, -0.1) is 11.3 Å². The number of hydrogen-bond acceptors (Lipinski definition) is 1. The van der Waals surface area contributed by atoms with Crippen LogP contribution >= 0.6 is 43.2 Å². The van der Waals surface area contributed by atoms with Crippen LogP contribution in [0.15, 0.2) is 13.6 Å². The number of hydrogen-bond donors (Lipinski definition) is 0. The lowest BCUT2D eigenvalue weighted by atomic mass is 10.1. The summed E-state index contributed by atoms with van der Waals surface area (Å²) in [6, 6.07) is 0. The third-order valence-corrected chi connectivity index (χ3v) is 5.53. The highest BCUT2D eigenvalue weighted by Crippen LogP contribution is 2.33. The van der Waals surface area contributed by atoms with E-state index in [1.165, 1.54) is 45.9 Å². The monoisotopic (exact) mass is 324 g/mol. The van der Waals surface area contributed by atoms with Gasteiger partial charge < -0.3 is 0 Å². The maximum atomic E-state index is 3.58. The van der Waals surface area contributed by atoms with Crippen molar-refractivity contribution in [3.05, 3.63) is 19.2 Å². The van der Waals surface area contributed by atoms with E-state index in [0.717, 1.165) is 0 Å². The van der Waals surface area contributed by atoms with E-state index < -0.39 is 0 Å². The maximum Gasteiger partial charge on any atom is 0.0843 e. The van der Waals surface area contributed by atoms with Crippen molar-refractivity contribution in [2.45, 2.75) is 39.0 Å². The zero-order valence-electron chi connectivity index (χ0n) is 7.78. The van der Waals surface area contributed by atoms with E-state index in [2.05, 4.69) is 44.2 Å². The molecule has 1 rings (SSSR count). The van der Waals surface area contributed by atoms with Crippen molar-refractivity contribution in [2.75, 3.05) is 0 Å². The molecule has 0 unspecified atom stereocenters. The van der Waals surface area contributed by atoms with Gasteiger partial charge in [0.2, 0.25) is 0 Å². The van der Waals surface area contributed by atoms with Gasteiger partial charge in [0, 0.05) is 4.47 Å². The van der Waals surface area contributed by atoms with Crippen LogP contribution in [0.25, 0.3) is 0 Å². The lowest BCUT2D eigenvalue weighted by molar-refractivity contribution is 0.667. The van der Waals surface area contributed by atoms with Crippen LogP contribution in [0, 0.1) is 0 Å². The molecule has 0 aliphatic rings. The molecule has 0 nitrogen and oxygen atoms in total. The summed E-state index contributed by atoms with van der Waals surface area (Å²) in [5, 5.41) is 2.24. The normalized spacial score (nSPS) is 10.7. The largest absolute Gasteiger partial charge is 0.135 e. The van der Waals surface area contributed by atoms with E-state index in [1.807, 2.05) is 0 Å². The number of thiophene rings is 1. The van der Waals surface area contributed by atoms with E-state index in [4.69, 9.17) is 0 Å². The lowest BCUT2D eigenvalue weighted by Gasteiger charge is -1.98. The Morgan fingerprint density at radius 1 is 1.23 bits per heavy atom. The predicted molar refractivity (Wildman–Crippen MR) is 67.6 cm³/mol. The zero-order chi connectivity index (χ0) is 9.68. The van der Waals surface area contributed by atoms with Crippen molar-refractivity contribution >= 4 is 43.2 Å². The Labute approximate surface area is 101 Å². The van der Waals surface area contributed by atoms with Crippen LogP contribution in [0.1, 0.15) is 38.2 Å².